The second kappa shape index (κ2) is 8.36. The van der Waals surface area contributed by atoms with Gasteiger partial charge in [-0.05, 0) is 48.7 Å². The Bertz CT molecular complexity index is 726. The highest BCUT2D eigenvalue weighted by molar-refractivity contribution is 5.91. The Morgan fingerprint density at radius 1 is 1.27 bits per heavy atom. The van der Waals surface area contributed by atoms with Crippen molar-refractivity contribution in [2.75, 3.05) is 13.2 Å². The second-order valence-corrected chi connectivity index (χ2v) is 6.85. The largest absolute Gasteiger partial charge is 0.486 e. The summed E-state index contributed by atoms with van der Waals surface area (Å²) < 4.78 is 29.7. The van der Waals surface area contributed by atoms with Crippen LogP contribution in [0.5, 0.6) is 5.75 Å². The van der Waals surface area contributed by atoms with Gasteiger partial charge in [0, 0.05) is 19.1 Å². The normalized spacial score (nSPS) is 19.7. The van der Waals surface area contributed by atoms with Crippen molar-refractivity contribution in [3.8, 4) is 5.75 Å². The molecule has 0 spiro atoms. The molecule has 1 aromatic heterocycles. The molecular weight excluding hydrogens is 337 g/mol. The SMILES string of the molecule is CC(C)[C@@H]1OCC[C@@H]1CNC(=O)c1ccc(COc2ccc(F)cc2)o1. The lowest BCUT2D eigenvalue weighted by atomic mass is 9.93. The van der Waals surface area contributed by atoms with Crippen LogP contribution in [0.15, 0.2) is 40.8 Å². The molecule has 6 heteroatoms. The number of carbonyl (C=O) groups excluding carboxylic acids is 1. The van der Waals surface area contributed by atoms with Crippen molar-refractivity contribution in [3.63, 3.8) is 0 Å². The lowest BCUT2D eigenvalue weighted by molar-refractivity contribution is 0.0531. The fraction of sp³-hybridized carbons (Fsp3) is 0.450. The van der Waals surface area contributed by atoms with Crippen LogP contribution in [-0.4, -0.2) is 25.2 Å². The monoisotopic (exact) mass is 361 g/mol. The minimum absolute atomic E-state index is 0.171. The summed E-state index contributed by atoms with van der Waals surface area (Å²) in [5.41, 5.74) is 0. The topological polar surface area (TPSA) is 60.7 Å². The highest BCUT2D eigenvalue weighted by Gasteiger charge is 2.31. The Morgan fingerprint density at radius 3 is 2.77 bits per heavy atom. The molecule has 2 aromatic rings. The van der Waals surface area contributed by atoms with Gasteiger partial charge < -0.3 is 19.2 Å². The summed E-state index contributed by atoms with van der Waals surface area (Å²) >= 11 is 0. The lowest BCUT2D eigenvalue weighted by Gasteiger charge is -2.21. The minimum Gasteiger partial charge on any atom is -0.486 e. The molecule has 0 saturated carbocycles. The first kappa shape index (κ1) is 18.5. The standard InChI is InChI=1S/C20H24FNO4/c1-13(2)19-14(9-10-24-19)11-22-20(23)18-8-7-17(26-18)12-25-16-5-3-15(21)4-6-16/h3-8,13-14,19H,9-12H2,1-2H3,(H,22,23)/t14-,19+/m1/s1. The van der Waals surface area contributed by atoms with Crippen molar-refractivity contribution >= 4 is 5.91 Å². The van der Waals surface area contributed by atoms with E-state index < -0.39 is 0 Å². The van der Waals surface area contributed by atoms with Crippen molar-refractivity contribution in [2.24, 2.45) is 11.8 Å². The molecule has 1 saturated heterocycles. The van der Waals surface area contributed by atoms with Crippen LogP contribution in [0.4, 0.5) is 4.39 Å². The van der Waals surface area contributed by atoms with E-state index in [1.54, 1.807) is 24.3 Å². The van der Waals surface area contributed by atoms with Crippen LogP contribution in [0.25, 0.3) is 0 Å². The number of carbonyl (C=O) groups is 1. The Labute approximate surface area is 152 Å². The molecule has 1 aromatic carbocycles. The summed E-state index contributed by atoms with van der Waals surface area (Å²) in [4.78, 5) is 12.3. The zero-order valence-corrected chi connectivity index (χ0v) is 15.0. The molecule has 1 fully saturated rings. The van der Waals surface area contributed by atoms with E-state index >= 15 is 0 Å². The van der Waals surface area contributed by atoms with Gasteiger partial charge in [0.25, 0.3) is 5.91 Å². The quantitative estimate of drug-likeness (QED) is 0.815. The van der Waals surface area contributed by atoms with E-state index in [9.17, 15) is 9.18 Å². The third kappa shape index (κ3) is 4.64. The van der Waals surface area contributed by atoms with Gasteiger partial charge in [0.05, 0.1) is 6.10 Å². The number of hydrogen-bond acceptors (Lipinski definition) is 4. The van der Waals surface area contributed by atoms with Gasteiger partial charge in [0.15, 0.2) is 5.76 Å². The molecule has 26 heavy (non-hydrogen) atoms. The van der Waals surface area contributed by atoms with E-state index in [0.717, 1.165) is 13.0 Å². The van der Waals surface area contributed by atoms with Gasteiger partial charge in [-0.15, -0.1) is 0 Å². The van der Waals surface area contributed by atoms with Crippen molar-refractivity contribution in [2.45, 2.75) is 33.0 Å². The molecular formula is C20H24FNO4. The van der Waals surface area contributed by atoms with E-state index in [1.165, 1.54) is 12.1 Å². The number of furan rings is 1. The van der Waals surface area contributed by atoms with E-state index in [1.807, 2.05) is 0 Å². The van der Waals surface area contributed by atoms with Crippen LogP contribution in [0.1, 0.15) is 36.6 Å². The van der Waals surface area contributed by atoms with Crippen LogP contribution >= 0.6 is 0 Å². The van der Waals surface area contributed by atoms with Gasteiger partial charge in [-0.25, -0.2) is 4.39 Å². The summed E-state index contributed by atoms with van der Waals surface area (Å²) in [6.07, 6.45) is 1.14. The van der Waals surface area contributed by atoms with Gasteiger partial charge in [0.1, 0.15) is 23.9 Å². The third-order valence-corrected chi connectivity index (χ3v) is 4.53. The number of benzene rings is 1. The van der Waals surface area contributed by atoms with Crippen molar-refractivity contribution in [1.29, 1.82) is 0 Å². The molecule has 2 heterocycles. The smallest absolute Gasteiger partial charge is 0.287 e. The third-order valence-electron chi connectivity index (χ3n) is 4.53. The first-order valence-electron chi connectivity index (χ1n) is 8.90. The minimum atomic E-state index is -0.318. The zero-order chi connectivity index (χ0) is 18.5. The first-order chi connectivity index (χ1) is 12.5. The predicted octanol–water partition coefficient (Wildman–Crippen LogP) is 3.79. The number of hydrogen-bond donors (Lipinski definition) is 1. The summed E-state index contributed by atoms with van der Waals surface area (Å²) in [5.74, 6) is 1.52. The van der Waals surface area contributed by atoms with Gasteiger partial charge in [-0.2, -0.15) is 0 Å². The number of halogens is 1. The summed E-state index contributed by atoms with van der Waals surface area (Å²) in [5, 5.41) is 2.92. The van der Waals surface area contributed by atoms with Crippen molar-refractivity contribution < 1.29 is 23.1 Å². The molecule has 1 N–H and O–H groups in total. The van der Waals surface area contributed by atoms with Crippen molar-refractivity contribution in [3.05, 3.63) is 53.7 Å². The maximum Gasteiger partial charge on any atom is 0.287 e. The van der Waals surface area contributed by atoms with Crippen LogP contribution in [0, 0.1) is 17.7 Å². The molecule has 1 amide bonds. The molecule has 0 bridgehead atoms. The summed E-state index contributed by atoms with van der Waals surface area (Å²) in [7, 11) is 0. The second-order valence-electron chi connectivity index (χ2n) is 6.85. The predicted molar refractivity (Wildman–Crippen MR) is 94.5 cm³/mol. The average Bonchev–Trinajstić information content (AvgIpc) is 3.28. The van der Waals surface area contributed by atoms with Crippen LogP contribution in [-0.2, 0) is 11.3 Å². The molecule has 0 unspecified atom stereocenters. The average molecular weight is 361 g/mol. The zero-order valence-electron chi connectivity index (χ0n) is 15.0. The maximum absolute atomic E-state index is 12.9. The molecule has 0 radical (unpaired) electrons. The molecule has 3 rings (SSSR count). The van der Waals surface area contributed by atoms with E-state index in [-0.39, 0.29) is 30.2 Å². The maximum atomic E-state index is 12.9. The number of rotatable bonds is 7. The summed E-state index contributed by atoms with van der Waals surface area (Å²) in [6, 6.07) is 9.07. The molecule has 1 aliphatic heterocycles. The summed E-state index contributed by atoms with van der Waals surface area (Å²) in [6.45, 7) is 5.75. The lowest BCUT2D eigenvalue weighted by Crippen LogP contribution is -2.34. The Kier molecular flexibility index (Phi) is 5.93. The molecule has 0 aliphatic carbocycles. The van der Waals surface area contributed by atoms with Crippen LogP contribution < -0.4 is 10.1 Å². The molecule has 2 atom stereocenters. The Balaban J connectivity index is 1.49. The van der Waals surface area contributed by atoms with E-state index in [0.29, 0.717) is 29.9 Å². The van der Waals surface area contributed by atoms with E-state index in [2.05, 4.69) is 19.2 Å². The number of nitrogens with one attached hydrogen (secondary N) is 1. The fourth-order valence-corrected chi connectivity index (χ4v) is 3.18. The van der Waals surface area contributed by atoms with Crippen LogP contribution in [0.3, 0.4) is 0 Å². The molecule has 1 aliphatic rings. The highest BCUT2D eigenvalue weighted by atomic mass is 19.1. The number of ether oxygens (including phenoxy) is 2. The van der Waals surface area contributed by atoms with Gasteiger partial charge in [-0.3, -0.25) is 4.79 Å². The molecule has 140 valence electrons. The van der Waals surface area contributed by atoms with Gasteiger partial charge in [-0.1, -0.05) is 13.8 Å². The highest BCUT2D eigenvalue weighted by Crippen LogP contribution is 2.26. The molecule has 5 nitrogen and oxygen atoms in total. The Morgan fingerprint density at radius 2 is 2.04 bits per heavy atom. The van der Waals surface area contributed by atoms with Gasteiger partial charge in [0.2, 0.25) is 0 Å². The fourth-order valence-electron chi connectivity index (χ4n) is 3.18. The first-order valence-corrected chi connectivity index (χ1v) is 8.90. The number of amides is 1. The van der Waals surface area contributed by atoms with Crippen molar-refractivity contribution in [1.82, 2.24) is 5.32 Å². The van der Waals surface area contributed by atoms with E-state index in [4.69, 9.17) is 13.9 Å². The van der Waals surface area contributed by atoms with Gasteiger partial charge >= 0.3 is 0 Å². The Hall–Kier alpha value is -2.34. The van der Waals surface area contributed by atoms with Crippen LogP contribution in [0.2, 0.25) is 0 Å².